The van der Waals surface area contributed by atoms with E-state index in [0.29, 0.717) is 5.56 Å². The van der Waals surface area contributed by atoms with Crippen LogP contribution in [0, 0.1) is 19.8 Å². The molecule has 0 spiro atoms. The molecule has 0 radical (unpaired) electrons. The zero-order valence-corrected chi connectivity index (χ0v) is 9.27. The van der Waals surface area contributed by atoms with Gasteiger partial charge in [0.1, 0.15) is 0 Å². The first-order valence-corrected chi connectivity index (χ1v) is 5.33. The Hall–Kier alpha value is -0.760. The van der Waals surface area contributed by atoms with E-state index in [1.54, 1.807) is 0 Å². The van der Waals surface area contributed by atoms with E-state index in [1.165, 1.54) is 12.8 Å². The van der Waals surface area contributed by atoms with Crippen LogP contribution < -0.4 is 0 Å². The summed E-state index contributed by atoms with van der Waals surface area (Å²) in [5.41, 5.74) is 2.69. The number of aryl methyl sites for hydroxylation is 1. The molecule has 1 aliphatic carbocycles. The predicted octanol–water partition coefficient (Wildman–Crippen LogP) is 2.89. The summed E-state index contributed by atoms with van der Waals surface area (Å²) in [6.07, 6.45) is 4.67. The quantitative estimate of drug-likeness (QED) is 0.705. The van der Waals surface area contributed by atoms with Crippen molar-refractivity contribution in [1.82, 2.24) is 4.57 Å². The molecule has 1 aliphatic rings. The summed E-state index contributed by atoms with van der Waals surface area (Å²) in [4.78, 5) is 11.2. The van der Waals surface area contributed by atoms with Gasteiger partial charge in [0.2, 0.25) is 0 Å². The van der Waals surface area contributed by atoms with Gasteiger partial charge in [-0.2, -0.15) is 0 Å². The molecule has 0 bridgehead atoms. The van der Waals surface area contributed by atoms with Gasteiger partial charge in [-0.25, -0.2) is 0 Å². The number of carbonyl (C=O) groups excluding carboxylic acids is 1. The van der Waals surface area contributed by atoms with Gasteiger partial charge in [-0.1, -0.05) is 0 Å². The molecule has 76 valence electrons. The van der Waals surface area contributed by atoms with Gasteiger partial charge in [-0.15, -0.1) is 0 Å². The SMILES string of the molecule is Cc1cn(CC2CC2)c(C)c1C(=O)Cl. The first kappa shape index (κ1) is 9.78. The van der Waals surface area contributed by atoms with Gasteiger partial charge in [0, 0.05) is 18.4 Å². The van der Waals surface area contributed by atoms with Crippen molar-refractivity contribution in [2.45, 2.75) is 33.2 Å². The number of nitrogens with zero attached hydrogens (tertiary/aromatic N) is 1. The van der Waals surface area contributed by atoms with E-state index in [1.807, 2.05) is 20.0 Å². The van der Waals surface area contributed by atoms with Gasteiger partial charge in [-0.05, 0) is 49.8 Å². The van der Waals surface area contributed by atoms with Gasteiger partial charge < -0.3 is 4.57 Å². The summed E-state index contributed by atoms with van der Waals surface area (Å²) in [5, 5.41) is -0.338. The minimum atomic E-state index is -0.338. The molecule has 0 amide bonds. The molecule has 0 aliphatic heterocycles. The molecule has 0 atom stereocenters. The van der Waals surface area contributed by atoms with Crippen LogP contribution in [0.15, 0.2) is 6.20 Å². The molecule has 1 heterocycles. The lowest BCUT2D eigenvalue weighted by Gasteiger charge is -2.04. The minimum absolute atomic E-state index is 0.338. The van der Waals surface area contributed by atoms with Crippen molar-refractivity contribution < 1.29 is 4.79 Å². The Morgan fingerprint density at radius 2 is 2.21 bits per heavy atom. The number of rotatable bonds is 3. The zero-order chi connectivity index (χ0) is 10.3. The van der Waals surface area contributed by atoms with Crippen LogP contribution in [-0.4, -0.2) is 9.81 Å². The Morgan fingerprint density at radius 1 is 1.57 bits per heavy atom. The lowest BCUT2D eigenvalue weighted by molar-refractivity contribution is 0.108. The van der Waals surface area contributed by atoms with Crippen molar-refractivity contribution in [3.05, 3.63) is 23.0 Å². The van der Waals surface area contributed by atoms with Crippen molar-refractivity contribution in [2.75, 3.05) is 0 Å². The molecule has 0 aromatic carbocycles. The molecule has 1 aromatic heterocycles. The topological polar surface area (TPSA) is 22.0 Å². The monoisotopic (exact) mass is 211 g/mol. The number of aromatic nitrogens is 1. The number of carbonyl (C=O) groups is 1. The second kappa shape index (κ2) is 3.43. The molecular formula is C11H14ClNO. The lowest BCUT2D eigenvalue weighted by Crippen LogP contribution is -2.02. The van der Waals surface area contributed by atoms with E-state index in [9.17, 15) is 4.79 Å². The van der Waals surface area contributed by atoms with Crippen molar-refractivity contribution in [2.24, 2.45) is 5.92 Å². The highest BCUT2D eigenvalue weighted by atomic mass is 35.5. The minimum Gasteiger partial charge on any atom is -0.350 e. The lowest BCUT2D eigenvalue weighted by atomic mass is 10.2. The Bertz CT molecular complexity index is 377. The molecule has 1 fully saturated rings. The summed E-state index contributed by atoms with van der Waals surface area (Å²) < 4.78 is 2.16. The fraction of sp³-hybridized carbons (Fsp3) is 0.545. The van der Waals surface area contributed by atoms with Crippen molar-refractivity contribution in [3.8, 4) is 0 Å². The molecule has 2 rings (SSSR count). The van der Waals surface area contributed by atoms with Gasteiger partial charge in [0.25, 0.3) is 5.24 Å². The smallest absolute Gasteiger partial charge is 0.254 e. The van der Waals surface area contributed by atoms with Gasteiger partial charge >= 0.3 is 0 Å². The maximum atomic E-state index is 11.2. The first-order valence-electron chi connectivity index (χ1n) is 4.95. The largest absolute Gasteiger partial charge is 0.350 e. The third-order valence-electron chi connectivity index (χ3n) is 2.88. The Labute approximate surface area is 88.9 Å². The average Bonchev–Trinajstić information content (AvgIpc) is 2.81. The van der Waals surface area contributed by atoms with Crippen LogP contribution in [-0.2, 0) is 6.54 Å². The molecule has 1 aromatic rings. The van der Waals surface area contributed by atoms with E-state index in [4.69, 9.17) is 11.6 Å². The molecular weight excluding hydrogens is 198 g/mol. The summed E-state index contributed by atoms with van der Waals surface area (Å²) in [6, 6.07) is 0. The number of hydrogen-bond donors (Lipinski definition) is 0. The molecule has 14 heavy (non-hydrogen) atoms. The Morgan fingerprint density at radius 3 is 2.64 bits per heavy atom. The van der Waals surface area contributed by atoms with Crippen LogP contribution in [0.25, 0.3) is 0 Å². The van der Waals surface area contributed by atoms with E-state index >= 15 is 0 Å². The maximum absolute atomic E-state index is 11.2. The van der Waals surface area contributed by atoms with Gasteiger partial charge in [-0.3, -0.25) is 4.79 Å². The third kappa shape index (κ3) is 1.71. The second-order valence-electron chi connectivity index (χ2n) is 4.14. The second-order valence-corrected chi connectivity index (χ2v) is 4.49. The summed E-state index contributed by atoms with van der Waals surface area (Å²) in [7, 11) is 0. The van der Waals surface area contributed by atoms with Crippen molar-refractivity contribution in [3.63, 3.8) is 0 Å². The number of hydrogen-bond acceptors (Lipinski definition) is 1. The normalized spacial score (nSPS) is 15.9. The van der Waals surface area contributed by atoms with Crippen LogP contribution in [0.5, 0.6) is 0 Å². The fourth-order valence-corrected chi connectivity index (χ4v) is 2.18. The molecule has 3 heteroatoms. The maximum Gasteiger partial charge on any atom is 0.254 e. The van der Waals surface area contributed by atoms with Crippen LogP contribution in [0.1, 0.15) is 34.5 Å². The zero-order valence-electron chi connectivity index (χ0n) is 8.51. The predicted molar refractivity (Wildman–Crippen MR) is 56.8 cm³/mol. The van der Waals surface area contributed by atoms with Crippen molar-refractivity contribution >= 4 is 16.8 Å². The van der Waals surface area contributed by atoms with Crippen LogP contribution >= 0.6 is 11.6 Å². The Balaban J connectivity index is 2.32. The summed E-state index contributed by atoms with van der Waals surface area (Å²) in [5.74, 6) is 0.818. The number of halogens is 1. The van der Waals surface area contributed by atoms with Gasteiger partial charge in [0.15, 0.2) is 0 Å². The molecule has 2 nitrogen and oxygen atoms in total. The van der Waals surface area contributed by atoms with Crippen LogP contribution in [0.2, 0.25) is 0 Å². The van der Waals surface area contributed by atoms with E-state index in [0.717, 1.165) is 23.7 Å². The van der Waals surface area contributed by atoms with E-state index in [2.05, 4.69) is 4.57 Å². The standard InChI is InChI=1S/C11H14ClNO/c1-7-5-13(6-9-3-4-9)8(2)10(7)11(12)14/h5,9H,3-4,6H2,1-2H3. The molecule has 0 unspecified atom stereocenters. The molecule has 0 N–H and O–H groups in total. The van der Waals surface area contributed by atoms with Crippen LogP contribution in [0.4, 0.5) is 0 Å². The molecule has 0 saturated heterocycles. The van der Waals surface area contributed by atoms with E-state index in [-0.39, 0.29) is 5.24 Å². The van der Waals surface area contributed by atoms with Crippen molar-refractivity contribution in [1.29, 1.82) is 0 Å². The highest BCUT2D eigenvalue weighted by molar-refractivity contribution is 6.68. The highest BCUT2D eigenvalue weighted by Gasteiger charge is 2.24. The Kier molecular flexibility index (Phi) is 2.40. The summed E-state index contributed by atoms with van der Waals surface area (Å²) >= 11 is 5.53. The van der Waals surface area contributed by atoms with Gasteiger partial charge in [0.05, 0.1) is 5.56 Å². The fourth-order valence-electron chi connectivity index (χ4n) is 1.89. The average molecular weight is 212 g/mol. The molecule has 1 saturated carbocycles. The first-order chi connectivity index (χ1) is 6.59. The van der Waals surface area contributed by atoms with Crippen LogP contribution in [0.3, 0.4) is 0 Å². The summed E-state index contributed by atoms with van der Waals surface area (Å²) in [6.45, 7) is 4.94. The van der Waals surface area contributed by atoms with E-state index < -0.39 is 0 Å². The highest BCUT2D eigenvalue weighted by Crippen LogP contribution is 2.32. The third-order valence-corrected chi connectivity index (χ3v) is 3.07.